The summed E-state index contributed by atoms with van der Waals surface area (Å²) < 4.78 is 21.3. The molecule has 0 unspecified atom stereocenters. The van der Waals surface area contributed by atoms with Crippen LogP contribution in [0.15, 0.2) is 37.2 Å². The number of halogens is 2. The highest BCUT2D eigenvalue weighted by atomic mass is 35.5. The quantitative estimate of drug-likeness (QED) is 0.590. The van der Waals surface area contributed by atoms with E-state index in [0.29, 0.717) is 17.8 Å². The fraction of sp³-hybridized carbons (Fsp3) is 0.364. The topological polar surface area (TPSA) is 81.0 Å². The molecule has 0 radical (unpaired) electrons. The lowest BCUT2D eigenvalue weighted by molar-refractivity contribution is 0.374. The minimum Gasteiger partial charge on any atom is -0.421 e. The Morgan fingerprint density at radius 1 is 1.25 bits per heavy atom. The first-order valence-corrected chi connectivity index (χ1v) is 10.9. The molecule has 8 nitrogen and oxygen atoms in total. The molecule has 0 amide bonds. The lowest BCUT2D eigenvalue weighted by Crippen LogP contribution is -2.48. The molecule has 5 rings (SSSR count). The number of benzene rings is 1. The standard InChI is InChI=1S/C22H23ClFN7O/c1-3-31-22(32-17-6-4-5-16(23)19(17)24)28-21(29-31)27-20-14-7-8-15(20)11-30(10-14)18-9-13(2)25-12-26-18/h3-6,9,12,14-15,20H,1,7-8,10-11H2,2H3,(H,27,29)/t14-,15+,20+. The number of piperidine rings is 1. The third-order valence-corrected chi connectivity index (χ3v) is 6.43. The van der Waals surface area contributed by atoms with Crippen LogP contribution in [0.3, 0.4) is 0 Å². The molecular weight excluding hydrogens is 433 g/mol. The number of fused-ring (bicyclic) bond motifs is 2. The highest BCUT2D eigenvalue weighted by Gasteiger charge is 2.43. The number of anilines is 2. The van der Waals surface area contributed by atoms with Gasteiger partial charge in [0.25, 0.3) is 0 Å². The first-order valence-electron chi connectivity index (χ1n) is 10.5. The third-order valence-electron chi connectivity index (χ3n) is 6.13. The van der Waals surface area contributed by atoms with Gasteiger partial charge in [0.2, 0.25) is 5.95 Å². The summed E-state index contributed by atoms with van der Waals surface area (Å²) in [5.74, 6) is 1.61. The molecular formula is C22H23ClFN7O. The Morgan fingerprint density at radius 3 is 2.75 bits per heavy atom. The lowest BCUT2D eigenvalue weighted by atomic mass is 9.92. The van der Waals surface area contributed by atoms with Gasteiger partial charge in [0.05, 0.1) is 5.02 Å². The van der Waals surface area contributed by atoms with Gasteiger partial charge in [0.15, 0.2) is 11.6 Å². The van der Waals surface area contributed by atoms with Gasteiger partial charge in [-0.3, -0.25) is 0 Å². The maximum atomic E-state index is 14.2. The van der Waals surface area contributed by atoms with Crippen LogP contribution in [0.1, 0.15) is 18.5 Å². The molecule has 2 fully saturated rings. The van der Waals surface area contributed by atoms with E-state index in [-0.39, 0.29) is 22.8 Å². The van der Waals surface area contributed by atoms with Crippen molar-refractivity contribution >= 4 is 29.6 Å². The molecule has 3 atom stereocenters. The molecule has 0 spiro atoms. The van der Waals surface area contributed by atoms with Gasteiger partial charge in [0, 0.05) is 37.1 Å². The Morgan fingerprint density at radius 2 is 2.03 bits per heavy atom. The van der Waals surface area contributed by atoms with Crippen LogP contribution in [0, 0.1) is 24.6 Å². The van der Waals surface area contributed by atoms with Gasteiger partial charge in [-0.05, 0) is 43.7 Å². The Labute approximate surface area is 190 Å². The maximum Gasteiger partial charge on any atom is 0.326 e. The first kappa shape index (κ1) is 20.7. The molecule has 1 aliphatic heterocycles. The number of hydrogen-bond donors (Lipinski definition) is 1. The second-order valence-corrected chi connectivity index (χ2v) is 8.60. The average Bonchev–Trinajstić information content (AvgIpc) is 3.26. The van der Waals surface area contributed by atoms with Gasteiger partial charge in [-0.1, -0.05) is 24.2 Å². The Kier molecular flexibility index (Phi) is 5.42. The van der Waals surface area contributed by atoms with E-state index < -0.39 is 5.82 Å². The summed E-state index contributed by atoms with van der Waals surface area (Å²) in [7, 11) is 0. The normalized spacial score (nSPS) is 22.1. The second-order valence-electron chi connectivity index (χ2n) is 8.19. The SMILES string of the molecule is C=Cn1nc(N[C@H]2[C@@H]3CC[C@H]2CN(c2cc(C)ncn2)C3)nc1Oc1cccc(Cl)c1F. The zero-order valence-electron chi connectivity index (χ0n) is 17.6. The van der Waals surface area contributed by atoms with Crippen LogP contribution in [0.4, 0.5) is 16.2 Å². The largest absolute Gasteiger partial charge is 0.421 e. The predicted molar refractivity (Wildman–Crippen MR) is 120 cm³/mol. The molecule has 166 valence electrons. The van der Waals surface area contributed by atoms with E-state index in [4.69, 9.17) is 16.3 Å². The molecule has 1 aliphatic carbocycles. The second kappa shape index (κ2) is 8.38. The van der Waals surface area contributed by atoms with E-state index in [1.54, 1.807) is 12.4 Å². The highest BCUT2D eigenvalue weighted by Crippen LogP contribution is 2.40. The van der Waals surface area contributed by atoms with Crippen molar-refractivity contribution in [3.8, 4) is 11.8 Å². The van der Waals surface area contributed by atoms with E-state index in [1.807, 2.05) is 13.0 Å². The number of rotatable bonds is 6. The summed E-state index contributed by atoms with van der Waals surface area (Å²) in [6, 6.07) is 6.94. The smallest absolute Gasteiger partial charge is 0.326 e. The number of aryl methyl sites for hydroxylation is 1. The van der Waals surface area contributed by atoms with Crippen molar-refractivity contribution in [3.05, 3.63) is 53.7 Å². The molecule has 2 aliphatic rings. The molecule has 2 bridgehead atoms. The van der Waals surface area contributed by atoms with Crippen LogP contribution >= 0.6 is 11.6 Å². The highest BCUT2D eigenvalue weighted by molar-refractivity contribution is 6.30. The molecule has 1 aromatic carbocycles. The molecule has 3 aromatic rings. The fourth-order valence-corrected chi connectivity index (χ4v) is 4.79. The molecule has 10 heteroatoms. The summed E-state index contributed by atoms with van der Waals surface area (Å²) in [4.78, 5) is 15.4. The van der Waals surface area contributed by atoms with Gasteiger partial charge < -0.3 is 15.0 Å². The van der Waals surface area contributed by atoms with E-state index in [1.165, 1.54) is 23.0 Å². The van der Waals surface area contributed by atoms with Crippen LogP contribution in [-0.4, -0.2) is 43.9 Å². The molecule has 3 heterocycles. The number of nitrogens with zero attached hydrogens (tertiary/aromatic N) is 6. The number of ether oxygens (including phenoxy) is 1. The number of aromatic nitrogens is 5. The monoisotopic (exact) mass is 455 g/mol. The maximum absolute atomic E-state index is 14.2. The first-order chi connectivity index (χ1) is 15.5. The molecule has 32 heavy (non-hydrogen) atoms. The molecule has 2 aromatic heterocycles. The van der Waals surface area contributed by atoms with Crippen LogP contribution in [0.2, 0.25) is 5.02 Å². The Hall–Kier alpha value is -3.20. The van der Waals surface area contributed by atoms with Crippen molar-refractivity contribution in [2.75, 3.05) is 23.3 Å². The van der Waals surface area contributed by atoms with Crippen LogP contribution < -0.4 is 15.0 Å². The zero-order chi connectivity index (χ0) is 22.2. The zero-order valence-corrected chi connectivity index (χ0v) is 18.3. The Balaban J connectivity index is 1.32. The summed E-state index contributed by atoms with van der Waals surface area (Å²) in [6.45, 7) is 7.53. The fourth-order valence-electron chi connectivity index (χ4n) is 4.63. The Bertz CT molecular complexity index is 1140. The average molecular weight is 456 g/mol. The summed E-state index contributed by atoms with van der Waals surface area (Å²) >= 11 is 5.85. The lowest BCUT2D eigenvalue weighted by Gasteiger charge is -2.38. The summed E-state index contributed by atoms with van der Waals surface area (Å²) in [6.07, 6.45) is 5.34. The van der Waals surface area contributed by atoms with Crippen LogP contribution in [-0.2, 0) is 0 Å². The molecule has 1 N–H and O–H groups in total. The minimum absolute atomic E-state index is 0.0203. The van der Waals surface area contributed by atoms with E-state index >= 15 is 0 Å². The summed E-state index contributed by atoms with van der Waals surface area (Å²) in [5.41, 5.74) is 0.963. The number of nitrogens with one attached hydrogen (secondary N) is 1. The van der Waals surface area contributed by atoms with E-state index in [9.17, 15) is 4.39 Å². The van der Waals surface area contributed by atoms with Crippen molar-refractivity contribution in [1.82, 2.24) is 24.7 Å². The van der Waals surface area contributed by atoms with Crippen molar-refractivity contribution in [3.63, 3.8) is 0 Å². The van der Waals surface area contributed by atoms with Gasteiger partial charge in [0.1, 0.15) is 12.1 Å². The van der Waals surface area contributed by atoms with Gasteiger partial charge in [-0.15, -0.1) is 5.10 Å². The van der Waals surface area contributed by atoms with E-state index in [0.717, 1.165) is 37.4 Å². The van der Waals surface area contributed by atoms with Gasteiger partial charge >= 0.3 is 6.01 Å². The van der Waals surface area contributed by atoms with E-state index in [2.05, 4.69) is 36.8 Å². The minimum atomic E-state index is -0.646. The van der Waals surface area contributed by atoms with Gasteiger partial charge in [-0.2, -0.15) is 9.67 Å². The number of hydrogen-bond acceptors (Lipinski definition) is 7. The van der Waals surface area contributed by atoms with Crippen LogP contribution in [0.5, 0.6) is 11.8 Å². The van der Waals surface area contributed by atoms with Crippen molar-refractivity contribution in [2.45, 2.75) is 25.8 Å². The summed E-state index contributed by atoms with van der Waals surface area (Å²) in [5, 5.41) is 7.88. The van der Waals surface area contributed by atoms with Crippen molar-refractivity contribution in [2.24, 2.45) is 11.8 Å². The van der Waals surface area contributed by atoms with Crippen molar-refractivity contribution in [1.29, 1.82) is 0 Å². The molecule has 1 saturated heterocycles. The van der Waals surface area contributed by atoms with Crippen LogP contribution in [0.25, 0.3) is 6.20 Å². The predicted octanol–water partition coefficient (Wildman–Crippen LogP) is 4.39. The third kappa shape index (κ3) is 3.88. The van der Waals surface area contributed by atoms with Crippen molar-refractivity contribution < 1.29 is 9.13 Å². The molecule has 1 saturated carbocycles. The van der Waals surface area contributed by atoms with Gasteiger partial charge in [-0.25, -0.2) is 14.4 Å².